The quantitative estimate of drug-likeness (QED) is 0.601. The summed E-state index contributed by atoms with van der Waals surface area (Å²) in [6.45, 7) is 5.22. The fourth-order valence-corrected chi connectivity index (χ4v) is 1.78. The summed E-state index contributed by atoms with van der Waals surface area (Å²) in [5.74, 6) is 0. The van der Waals surface area contributed by atoms with Gasteiger partial charge < -0.3 is 10.1 Å². The summed E-state index contributed by atoms with van der Waals surface area (Å²) in [4.78, 5) is 8.11. The second kappa shape index (κ2) is 7.74. The molecule has 1 rings (SSSR count). The van der Waals surface area contributed by atoms with E-state index in [1.807, 2.05) is 6.92 Å². The molecule has 2 atom stereocenters. The maximum absolute atomic E-state index is 12.6. The van der Waals surface area contributed by atoms with E-state index in [0.29, 0.717) is 16.9 Å². The SMILES string of the molecule is CCOC(C)/C=N/c1cnc(Br)cc1NC(C)C(F)(F)F. The van der Waals surface area contributed by atoms with Gasteiger partial charge in [-0.15, -0.1) is 0 Å². The Labute approximate surface area is 129 Å². The van der Waals surface area contributed by atoms with Crippen molar-refractivity contribution in [2.24, 2.45) is 4.99 Å². The standard InChI is InChI=1S/C13H17BrF3N3O/c1-4-21-8(2)6-18-11-7-19-12(14)5-10(11)20-9(3)13(15,16)17/h5-9H,4H2,1-3H3,(H,19,20)/b18-6+. The van der Waals surface area contributed by atoms with Gasteiger partial charge in [0, 0.05) is 12.8 Å². The zero-order valence-corrected chi connectivity index (χ0v) is 13.5. The normalized spacial score (nSPS) is 15.2. The summed E-state index contributed by atoms with van der Waals surface area (Å²) in [6, 6.07) is -0.231. The molecule has 0 aliphatic carbocycles. The highest BCUT2D eigenvalue weighted by atomic mass is 79.9. The first-order valence-electron chi connectivity index (χ1n) is 6.38. The van der Waals surface area contributed by atoms with Crippen LogP contribution in [0.15, 0.2) is 21.9 Å². The van der Waals surface area contributed by atoms with E-state index in [4.69, 9.17) is 4.74 Å². The Morgan fingerprint density at radius 1 is 1.48 bits per heavy atom. The third-order valence-corrected chi connectivity index (χ3v) is 3.00. The van der Waals surface area contributed by atoms with Gasteiger partial charge in [0.2, 0.25) is 0 Å². The molecule has 8 heteroatoms. The van der Waals surface area contributed by atoms with Crippen LogP contribution < -0.4 is 5.32 Å². The summed E-state index contributed by atoms with van der Waals surface area (Å²) in [5, 5.41) is 2.40. The van der Waals surface area contributed by atoms with Crippen molar-refractivity contribution < 1.29 is 17.9 Å². The molecule has 1 aromatic rings. The molecule has 0 radical (unpaired) electrons. The van der Waals surface area contributed by atoms with Crippen molar-refractivity contribution >= 4 is 33.5 Å². The number of nitrogens with one attached hydrogen (secondary N) is 1. The Balaban J connectivity index is 2.95. The van der Waals surface area contributed by atoms with Crippen LogP contribution in [0.4, 0.5) is 24.5 Å². The second-order valence-electron chi connectivity index (χ2n) is 4.37. The molecule has 4 nitrogen and oxygen atoms in total. The minimum Gasteiger partial charge on any atom is -0.373 e. The fourth-order valence-electron chi connectivity index (χ4n) is 1.45. The number of aliphatic imine (C=N–C) groups is 1. The summed E-state index contributed by atoms with van der Waals surface area (Å²) in [6.07, 6.45) is -1.65. The molecule has 1 heterocycles. The first-order chi connectivity index (χ1) is 9.74. The van der Waals surface area contributed by atoms with Crippen LogP contribution in [-0.4, -0.2) is 36.1 Å². The minimum atomic E-state index is -4.34. The van der Waals surface area contributed by atoms with Gasteiger partial charge in [0.25, 0.3) is 0 Å². The molecule has 118 valence electrons. The topological polar surface area (TPSA) is 46.5 Å². The van der Waals surface area contributed by atoms with Crippen LogP contribution >= 0.6 is 15.9 Å². The summed E-state index contributed by atoms with van der Waals surface area (Å²) in [7, 11) is 0. The highest BCUT2D eigenvalue weighted by Crippen LogP contribution is 2.30. The monoisotopic (exact) mass is 367 g/mol. The number of hydrogen-bond donors (Lipinski definition) is 1. The predicted molar refractivity (Wildman–Crippen MR) is 80.3 cm³/mol. The molecule has 0 aromatic carbocycles. The molecule has 2 unspecified atom stereocenters. The predicted octanol–water partition coefficient (Wildman–Crippen LogP) is 4.33. The number of rotatable bonds is 6. The molecule has 0 saturated heterocycles. The lowest BCUT2D eigenvalue weighted by atomic mass is 10.2. The van der Waals surface area contributed by atoms with Crippen LogP contribution in [0.1, 0.15) is 20.8 Å². The molecule has 1 N–H and O–H groups in total. The molecule has 1 aromatic heterocycles. The number of aromatic nitrogens is 1. The zero-order valence-electron chi connectivity index (χ0n) is 11.9. The highest BCUT2D eigenvalue weighted by molar-refractivity contribution is 9.10. The van der Waals surface area contributed by atoms with Crippen LogP contribution in [0.5, 0.6) is 0 Å². The van der Waals surface area contributed by atoms with Crippen molar-refractivity contribution in [3.8, 4) is 0 Å². The van der Waals surface area contributed by atoms with Gasteiger partial charge in [-0.05, 0) is 42.8 Å². The van der Waals surface area contributed by atoms with Crippen molar-refractivity contribution in [3.05, 3.63) is 16.9 Å². The van der Waals surface area contributed by atoms with Gasteiger partial charge in [-0.25, -0.2) is 4.98 Å². The molecular weight excluding hydrogens is 351 g/mol. The summed E-state index contributed by atoms with van der Waals surface area (Å²) < 4.78 is 43.6. The van der Waals surface area contributed by atoms with Crippen LogP contribution in [0.25, 0.3) is 0 Å². The van der Waals surface area contributed by atoms with E-state index in [0.717, 1.165) is 6.92 Å². The van der Waals surface area contributed by atoms with Gasteiger partial charge in [-0.1, -0.05) is 0 Å². The zero-order chi connectivity index (χ0) is 16.0. The Hall–Kier alpha value is -1.15. The van der Waals surface area contributed by atoms with Gasteiger partial charge >= 0.3 is 6.18 Å². The van der Waals surface area contributed by atoms with E-state index in [-0.39, 0.29) is 11.8 Å². The molecule has 0 aliphatic rings. The first-order valence-corrected chi connectivity index (χ1v) is 7.18. The molecule has 0 aliphatic heterocycles. The number of anilines is 1. The average molecular weight is 368 g/mol. The highest BCUT2D eigenvalue weighted by Gasteiger charge is 2.36. The third-order valence-electron chi connectivity index (χ3n) is 2.57. The van der Waals surface area contributed by atoms with E-state index in [9.17, 15) is 13.2 Å². The van der Waals surface area contributed by atoms with Crippen LogP contribution in [0.3, 0.4) is 0 Å². The van der Waals surface area contributed by atoms with E-state index >= 15 is 0 Å². The van der Waals surface area contributed by atoms with E-state index < -0.39 is 12.2 Å². The second-order valence-corrected chi connectivity index (χ2v) is 5.18. The smallest absolute Gasteiger partial charge is 0.373 e. The van der Waals surface area contributed by atoms with Crippen LogP contribution in [0.2, 0.25) is 0 Å². The third kappa shape index (κ3) is 6.01. The van der Waals surface area contributed by atoms with Gasteiger partial charge in [0.1, 0.15) is 16.3 Å². The number of ether oxygens (including phenoxy) is 1. The molecule has 0 fully saturated rings. The maximum atomic E-state index is 12.6. The van der Waals surface area contributed by atoms with Gasteiger partial charge in [0.15, 0.2) is 0 Å². The largest absolute Gasteiger partial charge is 0.408 e. The molecule has 21 heavy (non-hydrogen) atoms. The molecular formula is C13H17BrF3N3O. The number of hydrogen-bond acceptors (Lipinski definition) is 4. The van der Waals surface area contributed by atoms with Gasteiger partial charge in [0.05, 0.1) is 18.0 Å². The lowest BCUT2D eigenvalue weighted by Gasteiger charge is -2.19. The Morgan fingerprint density at radius 3 is 2.71 bits per heavy atom. The Kier molecular flexibility index (Phi) is 6.60. The number of halogens is 4. The average Bonchev–Trinajstić information content (AvgIpc) is 2.37. The summed E-state index contributed by atoms with van der Waals surface area (Å²) in [5.41, 5.74) is 0.572. The number of alkyl halides is 3. The lowest BCUT2D eigenvalue weighted by molar-refractivity contribution is -0.138. The minimum absolute atomic E-state index is 0.230. The van der Waals surface area contributed by atoms with Crippen molar-refractivity contribution in [3.63, 3.8) is 0 Å². The maximum Gasteiger partial charge on any atom is 0.408 e. The number of pyridine rings is 1. The van der Waals surface area contributed by atoms with Crippen LogP contribution in [-0.2, 0) is 4.74 Å². The van der Waals surface area contributed by atoms with Crippen molar-refractivity contribution in [2.75, 3.05) is 11.9 Å². The van der Waals surface area contributed by atoms with Crippen molar-refractivity contribution in [1.29, 1.82) is 0 Å². The van der Waals surface area contributed by atoms with Crippen molar-refractivity contribution in [2.45, 2.75) is 39.1 Å². The molecule has 0 amide bonds. The van der Waals surface area contributed by atoms with E-state index in [2.05, 4.69) is 31.2 Å². The Morgan fingerprint density at radius 2 is 2.14 bits per heavy atom. The van der Waals surface area contributed by atoms with E-state index in [1.165, 1.54) is 18.5 Å². The van der Waals surface area contributed by atoms with Gasteiger partial charge in [-0.2, -0.15) is 13.2 Å². The molecule has 0 bridgehead atoms. The molecule has 0 spiro atoms. The van der Waals surface area contributed by atoms with Gasteiger partial charge in [-0.3, -0.25) is 4.99 Å². The number of nitrogens with zero attached hydrogens (tertiary/aromatic N) is 2. The fraction of sp³-hybridized carbons (Fsp3) is 0.538. The first kappa shape index (κ1) is 17.9. The molecule has 0 saturated carbocycles. The Bertz CT molecular complexity index is 494. The summed E-state index contributed by atoms with van der Waals surface area (Å²) >= 11 is 3.13. The van der Waals surface area contributed by atoms with E-state index in [1.54, 1.807) is 6.92 Å². The van der Waals surface area contributed by atoms with Crippen molar-refractivity contribution in [1.82, 2.24) is 4.98 Å². The lowest BCUT2D eigenvalue weighted by Crippen LogP contribution is -2.33. The van der Waals surface area contributed by atoms with Crippen LogP contribution in [0, 0.1) is 0 Å².